The number of benzene rings is 1. The van der Waals surface area contributed by atoms with Crippen molar-refractivity contribution in [2.75, 3.05) is 27.2 Å². The van der Waals surface area contributed by atoms with Crippen molar-refractivity contribution in [1.29, 1.82) is 0 Å². The highest BCUT2D eigenvalue weighted by Gasteiger charge is 2.39. The molecule has 2 heterocycles. The van der Waals surface area contributed by atoms with E-state index >= 15 is 4.39 Å². The number of aromatic nitrogens is 1. The molecular formula is C24H26ClFN4O4. The molecule has 0 spiro atoms. The maximum atomic E-state index is 16.1. The number of pyridine rings is 1. The highest BCUT2D eigenvalue weighted by Crippen LogP contribution is 2.39. The molecule has 0 bridgehead atoms. The van der Waals surface area contributed by atoms with Crippen molar-refractivity contribution in [3.63, 3.8) is 0 Å². The Bertz CT molecular complexity index is 1160. The average molecular weight is 489 g/mol. The summed E-state index contributed by atoms with van der Waals surface area (Å²) in [5.41, 5.74) is 0.626. The SMILES string of the molecule is C=CC(=O)N1CCN(C(C)=O)[C@H](c2cc(Cl)cc(-c3cc(OC)nc(C(=O)NC)c3)c2F)[C@H]1C. The van der Waals surface area contributed by atoms with E-state index < -0.39 is 23.8 Å². The number of ether oxygens (including phenoxy) is 1. The number of piperazine rings is 1. The van der Waals surface area contributed by atoms with Crippen molar-refractivity contribution in [1.82, 2.24) is 20.1 Å². The summed E-state index contributed by atoms with van der Waals surface area (Å²) in [7, 11) is 2.84. The van der Waals surface area contributed by atoms with Gasteiger partial charge in [-0.3, -0.25) is 14.4 Å². The molecule has 10 heteroatoms. The largest absolute Gasteiger partial charge is 0.481 e. The lowest BCUT2D eigenvalue weighted by molar-refractivity contribution is -0.143. The van der Waals surface area contributed by atoms with E-state index in [1.165, 1.54) is 56.3 Å². The van der Waals surface area contributed by atoms with Crippen molar-refractivity contribution in [2.24, 2.45) is 0 Å². The highest BCUT2D eigenvalue weighted by atomic mass is 35.5. The second-order valence-electron chi connectivity index (χ2n) is 7.85. The number of hydrogen-bond acceptors (Lipinski definition) is 5. The number of carbonyl (C=O) groups excluding carboxylic acids is 3. The van der Waals surface area contributed by atoms with Gasteiger partial charge in [0.15, 0.2) is 0 Å². The third kappa shape index (κ3) is 4.75. The maximum Gasteiger partial charge on any atom is 0.269 e. The average Bonchev–Trinajstić information content (AvgIpc) is 2.83. The van der Waals surface area contributed by atoms with Gasteiger partial charge in [-0.1, -0.05) is 18.2 Å². The quantitative estimate of drug-likeness (QED) is 0.652. The van der Waals surface area contributed by atoms with Gasteiger partial charge in [-0.05, 0) is 36.8 Å². The van der Waals surface area contributed by atoms with Crippen LogP contribution < -0.4 is 10.1 Å². The Morgan fingerprint density at radius 3 is 2.50 bits per heavy atom. The Morgan fingerprint density at radius 1 is 1.24 bits per heavy atom. The Kier molecular flexibility index (Phi) is 7.56. The molecule has 0 radical (unpaired) electrons. The van der Waals surface area contributed by atoms with E-state index in [9.17, 15) is 14.4 Å². The van der Waals surface area contributed by atoms with Crippen LogP contribution >= 0.6 is 11.6 Å². The zero-order valence-corrected chi connectivity index (χ0v) is 20.1. The number of halogens is 2. The summed E-state index contributed by atoms with van der Waals surface area (Å²) in [6.07, 6.45) is 1.19. The second-order valence-corrected chi connectivity index (χ2v) is 8.29. The van der Waals surface area contributed by atoms with Gasteiger partial charge < -0.3 is 19.9 Å². The van der Waals surface area contributed by atoms with Gasteiger partial charge in [-0.25, -0.2) is 9.37 Å². The van der Waals surface area contributed by atoms with E-state index in [0.717, 1.165) is 0 Å². The molecule has 1 saturated heterocycles. The van der Waals surface area contributed by atoms with E-state index in [0.29, 0.717) is 12.1 Å². The second kappa shape index (κ2) is 10.2. The van der Waals surface area contributed by atoms with Crippen LogP contribution in [0.3, 0.4) is 0 Å². The minimum absolute atomic E-state index is 0.0388. The molecule has 0 unspecified atom stereocenters. The Labute approximate surface area is 202 Å². The van der Waals surface area contributed by atoms with Gasteiger partial charge in [0.2, 0.25) is 17.7 Å². The lowest BCUT2D eigenvalue weighted by atomic mass is 9.91. The summed E-state index contributed by atoms with van der Waals surface area (Å²) in [6.45, 7) is 7.22. The van der Waals surface area contributed by atoms with E-state index in [4.69, 9.17) is 16.3 Å². The Morgan fingerprint density at radius 2 is 1.91 bits per heavy atom. The molecule has 1 aromatic heterocycles. The molecule has 2 atom stereocenters. The first kappa shape index (κ1) is 25.2. The molecule has 1 aliphatic heterocycles. The molecule has 3 amide bonds. The third-order valence-corrected chi connectivity index (χ3v) is 6.11. The normalized spacial score (nSPS) is 17.8. The number of amides is 3. The summed E-state index contributed by atoms with van der Waals surface area (Å²) < 4.78 is 21.3. The number of nitrogens with zero attached hydrogens (tertiary/aromatic N) is 3. The molecule has 1 N–H and O–H groups in total. The number of carbonyl (C=O) groups is 3. The Balaban J connectivity index is 2.21. The Hall–Kier alpha value is -3.46. The van der Waals surface area contributed by atoms with Gasteiger partial charge in [-0.2, -0.15) is 0 Å². The molecule has 34 heavy (non-hydrogen) atoms. The summed E-state index contributed by atoms with van der Waals surface area (Å²) in [5, 5.41) is 2.71. The van der Waals surface area contributed by atoms with Gasteiger partial charge >= 0.3 is 0 Å². The maximum absolute atomic E-state index is 16.1. The molecule has 8 nitrogen and oxygen atoms in total. The van der Waals surface area contributed by atoms with Crippen LogP contribution in [0.15, 0.2) is 36.9 Å². The predicted molar refractivity (Wildman–Crippen MR) is 126 cm³/mol. The molecule has 2 aromatic rings. The van der Waals surface area contributed by atoms with Crippen molar-refractivity contribution in [3.8, 4) is 17.0 Å². The van der Waals surface area contributed by atoms with Crippen LogP contribution in [-0.4, -0.2) is 65.8 Å². The fourth-order valence-electron chi connectivity index (χ4n) is 4.24. The summed E-state index contributed by atoms with van der Waals surface area (Å²) in [4.78, 5) is 44.2. The van der Waals surface area contributed by atoms with E-state index in [1.807, 2.05) is 0 Å². The molecule has 1 aromatic carbocycles. The van der Waals surface area contributed by atoms with Gasteiger partial charge in [0.05, 0.1) is 19.2 Å². The van der Waals surface area contributed by atoms with Crippen LogP contribution in [-0.2, 0) is 9.59 Å². The lowest BCUT2D eigenvalue weighted by Crippen LogP contribution is -2.56. The summed E-state index contributed by atoms with van der Waals surface area (Å²) in [5.74, 6) is -1.54. The number of nitrogens with one attached hydrogen (secondary N) is 1. The van der Waals surface area contributed by atoms with E-state index in [1.54, 1.807) is 11.8 Å². The molecule has 3 rings (SSSR count). The lowest BCUT2D eigenvalue weighted by Gasteiger charge is -2.46. The minimum Gasteiger partial charge on any atom is -0.481 e. The van der Waals surface area contributed by atoms with Crippen molar-refractivity contribution < 1.29 is 23.5 Å². The number of rotatable bonds is 5. The van der Waals surface area contributed by atoms with Crippen LogP contribution in [0.1, 0.15) is 35.9 Å². The molecule has 1 aliphatic rings. The highest BCUT2D eigenvalue weighted by molar-refractivity contribution is 6.31. The topological polar surface area (TPSA) is 91.8 Å². The van der Waals surface area contributed by atoms with Gasteiger partial charge in [0, 0.05) is 49.3 Å². The molecular weight excluding hydrogens is 463 g/mol. The van der Waals surface area contributed by atoms with Gasteiger partial charge in [0.1, 0.15) is 11.5 Å². The zero-order chi connectivity index (χ0) is 25.2. The van der Waals surface area contributed by atoms with Gasteiger partial charge in [0.25, 0.3) is 5.91 Å². The van der Waals surface area contributed by atoms with E-state index in [-0.39, 0.29) is 46.1 Å². The number of methoxy groups -OCH3 is 1. The van der Waals surface area contributed by atoms with E-state index in [2.05, 4.69) is 16.9 Å². The standard InChI is InChI=1S/C24H26ClFN4O4/c1-6-21(32)29-7-8-30(14(3)31)23(13(29)2)18-12-16(25)11-17(22(18)26)15-9-19(24(33)27-4)28-20(10-15)34-5/h6,9-13,23H,1,7-8H2,2-5H3,(H,27,33)/t13-,23+/m1/s1. The smallest absolute Gasteiger partial charge is 0.269 e. The first-order valence-electron chi connectivity index (χ1n) is 10.6. The predicted octanol–water partition coefficient (Wildman–Crippen LogP) is 3.22. The van der Waals surface area contributed by atoms with Crippen molar-refractivity contribution in [2.45, 2.75) is 25.9 Å². The van der Waals surface area contributed by atoms with Crippen LogP contribution in [0.25, 0.3) is 11.1 Å². The monoisotopic (exact) mass is 488 g/mol. The minimum atomic E-state index is -0.783. The molecule has 180 valence electrons. The van der Waals surface area contributed by atoms with Crippen molar-refractivity contribution >= 4 is 29.3 Å². The number of hydrogen-bond donors (Lipinski definition) is 1. The first-order valence-corrected chi connectivity index (χ1v) is 11.0. The molecule has 0 aliphatic carbocycles. The molecule has 1 fully saturated rings. The van der Waals surface area contributed by atoms with Crippen molar-refractivity contribution in [3.05, 3.63) is 59.0 Å². The summed E-state index contributed by atoms with van der Waals surface area (Å²) in [6, 6.07) is 4.48. The fraction of sp³-hybridized carbons (Fsp3) is 0.333. The summed E-state index contributed by atoms with van der Waals surface area (Å²) >= 11 is 6.40. The van der Waals surface area contributed by atoms with Crippen LogP contribution in [0.5, 0.6) is 5.88 Å². The van der Waals surface area contributed by atoms with Crippen LogP contribution in [0.4, 0.5) is 4.39 Å². The first-order chi connectivity index (χ1) is 16.1. The molecule has 0 saturated carbocycles. The van der Waals surface area contributed by atoms with Crippen LogP contribution in [0.2, 0.25) is 5.02 Å². The van der Waals surface area contributed by atoms with Gasteiger partial charge in [-0.15, -0.1) is 0 Å². The zero-order valence-electron chi connectivity index (χ0n) is 19.4. The fourth-order valence-corrected chi connectivity index (χ4v) is 4.47. The third-order valence-electron chi connectivity index (χ3n) is 5.89. The van der Waals surface area contributed by atoms with Crippen LogP contribution in [0, 0.1) is 5.82 Å².